The minimum Gasteiger partial charge on any atom is -0.342 e. The number of unbranched alkanes of at least 4 members (excludes halogenated alkanes) is 2. The smallest absolute Gasteiger partial charge is 0.240 e. The molecule has 26 heavy (non-hydrogen) atoms. The Labute approximate surface area is 162 Å². The second kappa shape index (κ2) is 8.39. The van der Waals surface area contributed by atoms with E-state index in [1.807, 2.05) is 24.3 Å². The number of halogens is 2. The molecule has 1 heterocycles. The number of hydrogen-bond donors (Lipinski definition) is 2. The lowest BCUT2D eigenvalue weighted by Gasteiger charge is -2.07. The lowest BCUT2D eigenvalue weighted by atomic mass is 10.2. The normalized spacial score (nSPS) is 11.9. The van der Waals surface area contributed by atoms with Crippen molar-refractivity contribution < 1.29 is 8.42 Å². The summed E-state index contributed by atoms with van der Waals surface area (Å²) in [5.41, 5.74) is 2.01. The van der Waals surface area contributed by atoms with Crippen molar-refractivity contribution in [1.82, 2.24) is 14.7 Å². The van der Waals surface area contributed by atoms with Crippen molar-refractivity contribution in [2.24, 2.45) is 0 Å². The highest BCUT2D eigenvalue weighted by Gasteiger charge is 2.14. The van der Waals surface area contributed by atoms with E-state index in [4.69, 9.17) is 23.2 Å². The lowest BCUT2D eigenvalue weighted by molar-refractivity contribution is 0.573. The van der Waals surface area contributed by atoms with Gasteiger partial charge in [-0.15, -0.1) is 0 Å². The van der Waals surface area contributed by atoms with Gasteiger partial charge in [0.1, 0.15) is 5.82 Å². The average Bonchev–Trinajstić information content (AvgIpc) is 3.03. The first kappa shape index (κ1) is 19.2. The Morgan fingerprint density at radius 1 is 1.00 bits per heavy atom. The van der Waals surface area contributed by atoms with Gasteiger partial charge in [-0.25, -0.2) is 18.1 Å². The summed E-state index contributed by atoms with van der Waals surface area (Å²) in [7, 11) is -3.57. The molecule has 1 aromatic heterocycles. The number of fused-ring (bicyclic) bond motifs is 1. The Kier molecular flexibility index (Phi) is 6.19. The van der Waals surface area contributed by atoms with Crippen molar-refractivity contribution >= 4 is 44.3 Å². The SMILES string of the molecule is O=S(=O)(NCCCCCc1nc2ccccc2[nH]1)c1ccc(Cl)c(Cl)c1. The number of para-hydroxylation sites is 2. The first-order valence-corrected chi connectivity index (χ1v) is 10.6. The summed E-state index contributed by atoms with van der Waals surface area (Å²) in [4.78, 5) is 7.95. The summed E-state index contributed by atoms with van der Waals surface area (Å²) in [6, 6.07) is 12.2. The predicted octanol–water partition coefficient (Wildman–Crippen LogP) is 4.56. The fraction of sp³-hybridized carbons (Fsp3) is 0.278. The van der Waals surface area contributed by atoms with E-state index < -0.39 is 10.0 Å². The molecule has 0 aliphatic carbocycles. The van der Waals surface area contributed by atoms with Crippen molar-refractivity contribution in [3.8, 4) is 0 Å². The van der Waals surface area contributed by atoms with Crippen LogP contribution in [0.4, 0.5) is 0 Å². The fourth-order valence-electron chi connectivity index (χ4n) is 2.65. The van der Waals surface area contributed by atoms with E-state index in [2.05, 4.69) is 14.7 Å². The number of nitrogens with one attached hydrogen (secondary N) is 2. The molecule has 3 rings (SSSR count). The molecule has 0 unspecified atom stereocenters. The Morgan fingerprint density at radius 2 is 1.81 bits per heavy atom. The van der Waals surface area contributed by atoms with Crippen LogP contribution >= 0.6 is 23.2 Å². The second-order valence-corrected chi connectivity index (χ2v) is 8.57. The van der Waals surface area contributed by atoms with Gasteiger partial charge in [-0.1, -0.05) is 41.8 Å². The summed E-state index contributed by atoms with van der Waals surface area (Å²) >= 11 is 11.7. The summed E-state index contributed by atoms with van der Waals surface area (Å²) in [5, 5.41) is 0.552. The molecule has 3 aromatic rings. The highest BCUT2D eigenvalue weighted by Crippen LogP contribution is 2.24. The van der Waals surface area contributed by atoms with Crippen molar-refractivity contribution in [2.45, 2.75) is 30.6 Å². The van der Waals surface area contributed by atoms with Gasteiger partial charge in [-0.2, -0.15) is 0 Å². The molecule has 0 fully saturated rings. The van der Waals surface area contributed by atoms with Gasteiger partial charge >= 0.3 is 0 Å². The van der Waals surface area contributed by atoms with E-state index in [0.29, 0.717) is 11.6 Å². The summed E-state index contributed by atoms with van der Waals surface area (Å²) < 4.78 is 27.0. The molecule has 2 aromatic carbocycles. The second-order valence-electron chi connectivity index (χ2n) is 5.98. The number of H-pyrrole nitrogens is 1. The zero-order valence-electron chi connectivity index (χ0n) is 14.0. The molecule has 0 aliphatic heterocycles. The summed E-state index contributed by atoms with van der Waals surface area (Å²) in [6.07, 6.45) is 3.43. The average molecular weight is 412 g/mol. The monoisotopic (exact) mass is 411 g/mol. The standard InChI is InChI=1S/C18H19Cl2N3O2S/c19-14-10-9-13(12-15(14)20)26(24,25)21-11-5-1-2-8-18-22-16-6-3-4-7-17(16)23-18/h3-4,6-7,9-10,12,21H,1-2,5,8,11H2,(H,22,23). The number of hydrogen-bond acceptors (Lipinski definition) is 3. The van der Waals surface area contributed by atoms with Gasteiger partial charge in [-0.3, -0.25) is 0 Å². The van der Waals surface area contributed by atoms with E-state index in [-0.39, 0.29) is 9.92 Å². The first-order chi connectivity index (χ1) is 12.5. The van der Waals surface area contributed by atoms with Gasteiger partial charge in [0.2, 0.25) is 10.0 Å². The zero-order chi connectivity index (χ0) is 18.6. The number of imidazole rings is 1. The minimum atomic E-state index is -3.57. The fourth-order valence-corrected chi connectivity index (χ4v) is 4.11. The van der Waals surface area contributed by atoms with Gasteiger partial charge in [0.15, 0.2) is 0 Å². The Morgan fingerprint density at radius 3 is 2.58 bits per heavy atom. The topological polar surface area (TPSA) is 74.8 Å². The molecule has 0 atom stereocenters. The van der Waals surface area contributed by atoms with Crippen LogP contribution in [0.1, 0.15) is 25.1 Å². The largest absolute Gasteiger partial charge is 0.342 e. The number of aromatic nitrogens is 2. The van der Waals surface area contributed by atoms with Crippen molar-refractivity contribution in [1.29, 1.82) is 0 Å². The van der Waals surface area contributed by atoms with E-state index in [9.17, 15) is 8.42 Å². The third kappa shape index (κ3) is 4.76. The number of nitrogens with zero attached hydrogens (tertiary/aromatic N) is 1. The van der Waals surface area contributed by atoms with Crippen molar-refractivity contribution in [2.75, 3.05) is 6.54 Å². The number of sulfonamides is 1. The predicted molar refractivity (Wildman–Crippen MR) is 105 cm³/mol. The van der Waals surface area contributed by atoms with Crippen LogP contribution in [0, 0.1) is 0 Å². The number of aromatic amines is 1. The molecule has 0 radical (unpaired) electrons. The van der Waals surface area contributed by atoms with Crippen LogP contribution in [0.5, 0.6) is 0 Å². The van der Waals surface area contributed by atoms with Gasteiger partial charge in [-0.05, 0) is 43.2 Å². The van der Waals surface area contributed by atoms with Crippen molar-refractivity contribution in [3.63, 3.8) is 0 Å². The maximum Gasteiger partial charge on any atom is 0.240 e. The number of benzene rings is 2. The molecule has 138 valence electrons. The summed E-state index contributed by atoms with van der Waals surface area (Å²) in [6.45, 7) is 0.378. The van der Waals surface area contributed by atoms with Crippen LogP contribution in [0.2, 0.25) is 10.0 Å². The molecular formula is C18H19Cl2N3O2S. The van der Waals surface area contributed by atoms with Crippen LogP contribution in [-0.4, -0.2) is 24.9 Å². The maximum atomic E-state index is 12.2. The Bertz CT molecular complexity index is 970. The van der Waals surface area contributed by atoms with Crippen LogP contribution in [-0.2, 0) is 16.4 Å². The highest BCUT2D eigenvalue weighted by molar-refractivity contribution is 7.89. The van der Waals surface area contributed by atoms with E-state index in [1.165, 1.54) is 18.2 Å². The number of rotatable bonds is 8. The third-order valence-electron chi connectivity index (χ3n) is 4.02. The van der Waals surface area contributed by atoms with Gasteiger partial charge < -0.3 is 4.98 Å². The Hall–Kier alpha value is -1.60. The Balaban J connectivity index is 1.42. The minimum absolute atomic E-state index is 0.120. The molecule has 5 nitrogen and oxygen atoms in total. The lowest BCUT2D eigenvalue weighted by Crippen LogP contribution is -2.24. The van der Waals surface area contributed by atoms with Gasteiger partial charge in [0, 0.05) is 13.0 Å². The van der Waals surface area contributed by atoms with E-state index in [0.717, 1.165) is 42.5 Å². The quantitative estimate of drug-likeness (QED) is 0.533. The zero-order valence-corrected chi connectivity index (χ0v) is 16.3. The van der Waals surface area contributed by atoms with E-state index >= 15 is 0 Å². The molecule has 0 aliphatic rings. The number of aryl methyl sites for hydroxylation is 1. The molecule has 0 spiro atoms. The van der Waals surface area contributed by atoms with Gasteiger partial charge in [0.05, 0.1) is 26.0 Å². The molecule has 2 N–H and O–H groups in total. The van der Waals surface area contributed by atoms with E-state index in [1.54, 1.807) is 0 Å². The van der Waals surface area contributed by atoms with Crippen LogP contribution in [0.15, 0.2) is 47.4 Å². The molecule has 0 saturated carbocycles. The third-order valence-corrected chi connectivity index (χ3v) is 6.22. The molecule has 8 heteroatoms. The van der Waals surface area contributed by atoms with Crippen LogP contribution < -0.4 is 4.72 Å². The van der Waals surface area contributed by atoms with Gasteiger partial charge in [0.25, 0.3) is 0 Å². The first-order valence-electron chi connectivity index (χ1n) is 8.34. The van der Waals surface area contributed by atoms with Crippen molar-refractivity contribution in [3.05, 3.63) is 58.3 Å². The van der Waals surface area contributed by atoms with Crippen LogP contribution in [0.3, 0.4) is 0 Å². The molecule has 0 saturated heterocycles. The molecular weight excluding hydrogens is 393 g/mol. The van der Waals surface area contributed by atoms with Crippen LogP contribution in [0.25, 0.3) is 11.0 Å². The highest BCUT2D eigenvalue weighted by atomic mass is 35.5. The molecule has 0 amide bonds. The molecule has 0 bridgehead atoms. The maximum absolute atomic E-state index is 12.2. The summed E-state index contributed by atoms with van der Waals surface area (Å²) in [5.74, 6) is 0.961.